The van der Waals surface area contributed by atoms with E-state index >= 15 is 4.39 Å². The third kappa shape index (κ3) is 6.33. The largest absolute Gasteiger partial charge is 0.395 e. The highest BCUT2D eigenvalue weighted by atomic mass is 32.2. The third-order valence-electron chi connectivity index (χ3n) is 9.91. The number of aryl methyl sites for hydroxylation is 1. The molecule has 268 valence electrons. The van der Waals surface area contributed by atoms with Gasteiger partial charge in [0, 0.05) is 73.5 Å². The zero-order valence-corrected chi connectivity index (χ0v) is 30.1. The van der Waals surface area contributed by atoms with Crippen molar-refractivity contribution in [3.63, 3.8) is 0 Å². The highest BCUT2D eigenvalue weighted by molar-refractivity contribution is 7.90. The highest BCUT2D eigenvalue weighted by Gasteiger charge is 2.38. The topological polar surface area (TPSA) is 144 Å². The van der Waals surface area contributed by atoms with Gasteiger partial charge in [0.25, 0.3) is 11.5 Å². The molecule has 2 aliphatic heterocycles. The molecule has 50 heavy (non-hydrogen) atoms. The number of pyridine rings is 2. The summed E-state index contributed by atoms with van der Waals surface area (Å²) in [4.78, 5) is 35.1. The van der Waals surface area contributed by atoms with Gasteiger partial charge in [-0.1, -0.05) is 27.7 Å². The van der Waals surface area contributed by atoms with Gasteiger partial charge in [-0.3, -0.25) is 9.59 Å². The van der Waals surface area contributed by atoms with Crippen molar-refractivity contribution in [3.8, 4) is 11.1 Å². The van der Waals surface area contributed by atoms with Crippen LogP contribution in [0.15, 0.2) is 41.6 Å². The number of hydrogen-bond donors (Lipinski definition) is 2. The molecule has 3 aromatic heterocycles. The smallest absolute Gasteiger partial charge is 0.274 e. The first-order valence-corrected chi connectivity index (χ1v) is 18.6. The number of benzene rings is 1. The first-order valence-electron chi connectivity index (χ1n) is 16.6. The van der Waals surface area contributed by atoms with Gasteiger partial charge in [0.1, 0.15) is 11.3 Å². The Kier molecular flexibility index (Phi) is 8.97. The van der Waals surface area contributed by atoms with Crippen molar-refractivity contribution in [2.75, 3.05) is 37.4 Å². The van der Waals surface area contributed by atoms with Crippen molar-refractivity contribution < 1.29 is 27.1 Å². The number of nitrogens with zero attached hydrogens (tertiary/aromatic N) is 5. The molecule has 0 bridgehead atoms. The summed E-state index contributed by atoms with van der Waals surface area (Å²) in [6.07, 6.45) is 6.46. The molecule has 3 N–H and O–H groups in total. The van der Waals surface area contributed by atoms with Crippen LogP contribution in [0, 0.1) is 22.5 Å². The van der Waals surface area contributed by atoms with E-state index in [9.17, 15) is 27.5 Å². The second-order valence-corrected chi connectivity index (χ2v) is 17.5. The van der Waals surface area contributed by atoms with Crippen molar-refractivity contribution in [3.05, 3.63) is 75.5 Å². The van der Waals surface area contributed by atoms with E-state index in [-0.39, 0.29) is 66.0 Å². The number of aliphatic hydroxyl groups excluding tert-OH is 1. The molecule has 2 aliphatic rings. The molecule has 6 rings (SSSR count). The first-order chi connectivity index (χ1) is 23.4. The summed E-state index contributed by atoms with van der Waals surface area (Å²) in [6.45, 7) is 9.18. The van der Waals surface area contributed by atoms with Crippen LogP contribution in [0.25, 0.3) is 22.0 Å². The van der Waals surface area contributed by atoms with Gasteiger partial charge in [-0.15, -0.1) is 0 Å². The van der Waals surface area contributed by atoms with E-state index in [1.165, 1.54) is 9.47 Å². The van der Waals surface area contributed by atoms with E-state index in [1.54, 1.807) is 30.3 Å². The SMILES string of the molecule is Cn1cc2c3c(cn(CC(C)(C)CC(C)(C)CN)c3c1=O)CN(c1ncc(F)cc1F)c1cc3c(cc1-2)C(S(C)(=O)=O)CCN(CCO)C3=O. The van der Waals surface area contributed by atoms with Gasteiger partial charge >= 0.3 is 0 Å². The van der Waals surface area contributed by atoms with Crippen LogP contribution in [-0.2, 0) is 30.0 Å². The predicted octanol–water partition coefficient (Wildman–Crippen LogP) is 4.66. The Morgan fingerprint density at radius 2 is 1.76 bits per heavy atom. The number of anilines is 2. The highest BCUT2D eigenvalue weighted by Crippen LogP contribution is 2.48. The Hall–Kier alpha value is -4.14. The van der Waals surface area contributed by atoms with Crippen molar-refractivity contribution in [1.82, 2.24) is 19.0 Å². The Balaban J connectivity index is 1.68. The van der Waals surface area contributed by atoms with Crippen LogP contribution in [0.4, 0.5) is 20.3 Å². The Morgan fingerprint density at radius 3 is 2.40 bits per heavy atom. The van der Waals surface area contributed by atoms with Gasteiger partial charge in [0.2, 0.25) is 0 Å². The number of rotatable bonds is 9. The number of halogens is 2. The molecule has 4 aromatic rings. The average Bonchev–Trinajstić information content (AvgIpc) is 3.22. The summed E-state index contributed by atoms with van der Waals surface area (Å²) < 4.78 is 59.8. The van der Waals surface area contributed by atoms with E-state index in [4.69, 9.17) is 5.73 Å². The lowest BCUT2D eigenvalue weighted by molar-refractivity contribution is 0.0727. The van der Waals surface area contributed by atoms with Crippen molar-refractivity contribution in [2.24, 2.45) is 23.6 Å². The summed E-state index contributed by atoms with van der Waals surface area (Å²) >= 11 is 0. The molecule has 11 nitrogen and oxygen atoms in total. The predicted molar refractivity (Wildman–Crippen MR) is 189 cm³/mol. The second kappa shape index (κ2) is 12.6. The normalized spacial score (nSPS) is 16.8. The molecule has 1 aromatic carbocycles. The lowest BCUT2D eigenvalue weighted by Gasteiger charge is -2.34. The number of nitrogens with two attached hydrogens (primary N) is 1. The summed E-state index contributed by atoms with van der Waals surface area (Å²) in [5.41, 5.74) is 8.25. The van der Waals surface area contributed by atoms with E-state index in [1.807, 2.05) is 10.8 Å². The third-order valence-corrected chi connectivity index (χ3v) is 11.4. The van der Waals surface area contributed by atoms with E-state index in [0.29, 0.717) is 46.4 Å². The van der Waals surface area contributed by atoms with Crippen molar-refractivity contribution in [2.45, 2.75) is 58.9 Å². The summed E-state index contributed by atoms with van der Waals surface area (Å²) in [7, 11) is -2.10. The van der Waals surface area contributed by atoms with Crippen LogP contribution in [0.2, 0.25) is 0 Å². The van der Waals surface area contributed by atoms with Gasteiger partial charge in [0.15, 0.2) is 21.5 Å². The average molecular weight is 711 g/mol. The van der Waals surface area contributed by atoms with Crippen LogP contribution >= 0.6 is 0 Å². The Labute approximate surface area is 290 Å². The number of β-amino-alcohol motifs (C(OH)–C–C–N with tert-alkyl or cyclic N) is 1. The summed E-state index contributed by atoms with van der Waals surface area (Å²) in [6, 6.07) is 3.93. The van der Waals surface area contributed by atoms with Crippen molar-refractivity contribution in [1.29, 1.82) is 0 Å². The van der Waals surface area contributed by atoms with Crippen LogP contribution < -0.4 is 16.2 Å². The number of sulfone groups is 1. The monoisotopic (exact) mass is 710 g/mol. The van der Waals surface area contributed by atoms with Gasteiger partial charge in [-0.25, -0.2) is 22.2 Å². The van der Waals surface area contributed by atoms with E-state index in [0.717, 1.165) is 24.9 Å². The first kappa shape index (κ1) is 35.7. The number of hydrogen-bond acceptors (Lipinski definition) is 8. The number of carbonyl (C=O) groups is 1. The second-order valence-electron chi connectivity index (χ2n) is 15.3. The number of amides is 1. The van der Waals surface area contributed by atoms with Gasteiger partial charge in [-0.05, 0) is 53.5 Å². The molecule has 1 unspecified atom stereocenters. The zero-order valence-electron chi connectivity index (χ0n) is 29.3. The van der Waals surface area contributed by atoms with Crippen LogP contribution in [0.1, 0.15) is 67.3 Å². The van der Waals surface area contributed by atoms with E-state index < -0.39 is 32.6 Å². The Bertz CT molecular complexity index is 2190. The lowest BCUT2D eigenvalue weighted by atomic mass is 9.75. The standard InChI is InChI=1S/C36H44F2N6O5S/c1-35(2,19-39)18-36(3,4)20-43-15-21-16-44(32-27(38)11-22(37)14-40-32)28-13-25-24(12-23(28)26-17-41(5)34(47)31(43)30(21)26)29(50(6,48)49)7-8-42(9-10-45)33(25)46/h11-15,17,29,45H,7-10,16,18-20,39H2,1-6H3. The maximum Gasteiger partial charge on any atom is 0.274 e. The van der Waals surface area contributed by atoms with Gasteiger partial charge in [0.05, 0.1) is 30.3 Å². The fourth-order valence-electron chi connectivity index (χ4n) is 7.99. The molecule has 0 spiro atoms. The molecule has 1 amide bonds. The maximum atomic E-state index is 15.7. The minimum atomic E-state index is -3.74. The maximum absolute atomic E-state index is 15.7. The summed E-state index contributed by atoms with van der Waals surface area (Å²) in [5.74, 6) is -2.48. The number of fused-ring (bicyclic) bond motifs is 3. The zero-order chi connectivity index (χ0) is 36.5. The molecule has 0 radical (unpaired) electrons. The van der Waals surface area contributed by atoms with Crippen LogP contribution in [0.5, 0.6) is 0 Å². The van der Waals surface area contributed by atoms with Crippen LogP contribution in [-0.4, -0.2) is 70.9 Å². The van der Waals surface area contributed by atoms with Crippen molar-refractivity contribution >= 4 is 38.2 Å². The fourth-order valence-corrected chi connectivity index (χ4v) is 9.18. The van der Waals surface area contributed by atoms with Gasteiger partial charge in [-0.2, -0.15) is 0 Å². The molecule has 5 heterocycles. The number of aromatic nitrogens is 3. The van der Waals surface area contributed by atoms with Gasteiger partial charge < -0.3 is 29.8 Å². The molecule has 0 fully saturated rings. The quantitative estimate of drug-likeness (QED) is 0.256. The lowest BCUT2D eigenvalue weighted by Crippen LogP contribution is -2.33. The molecule has 14 heteroatoms. The molecule has 0 saturated carbocycles. The molecular weight excluding hydrogens is 666 g/mol. The number of aliphatic hydroxyl groups is 1. The molecule has 0 aliphatic carbocycles. The molecular formula is C36H44F2N6O5S. The minimum Gasteiger partial charge on any atom is -0.395 e. The van der Waals surface area contributed by atoms with Crippen LogP contribution in [0.3, 0.4) is 0 Å². The molecule has 1 atom stereocenters. The minimum absolute atomic E-state index is 0.000460. The summed E-state index contributed by atoms with van der Waals surface area (Å²) in [5, 5.41) is 9.28. The fraction of sp³-hybridized carbons (Fsp3) is 0.472. The number of carbonyl (C=O) groups excluding carboxylic acids is 1. The molecule has 0 saturated heterocycles. The Morgan fingerprint density at radius 1 is 1.04 bits per heavy atom. The van der Waals surface area contributed by atoms with E-state index in [2.05, 4.69) is 32.7 Å².